The van der Waals surface area contributed by atoms with Crippen LogP contribution in [0, 0.1) is 0 Å². The van der Waals surface area contributed by atoms with Crippen LogP contribution < -0.4 is 15.5 Å². The van der Waals surface area contributed by atoms with E-state index in [0.717, 1.165) is 12.5 Å². The summed E-state index contributed by atoms with van der Waals surface area (Å²) in [6, 6.07) is 19.1. The Bertz CT molecular complexity index is 656. The van der Waals surface area contributed by atoms with Crippen molar-refractivity contribution in [1.29, 1.82) is 0 Å². The van der Waals surface area contributed by atoms with Gasteiger partial charge in [0.05, 0.1) is 12.6 Å². The number of halogens is 1. The molecule has 5 heteroatoms. The lowest BCUT2D eigenvalue weighted by Crippen LogP contribution is -2.38. The summed E-state index contributed by atoms with van der Waals surface area (Å²) < 4.78 is 0. The molecule has 0 fully saturated rings. The molecular formula is C20H29IN4. The Labute approximate surface area is 168 Å². The van der Waals surface area contributed by atoms with Crippen molar-refractivity contribution in [2.75, 3.05) is 25.5 Å². The predicted molar refractivity (Wildman–Crippen MR) is 119 cm³/mol. The van der Waals surface area contributed by atoms with Crippen LogP contribution in [-0.2, 0) is 6.54 Å². The zero-order valence-corrected chi connectivity index (χ0v) is 17.8. The molecule has 136 valence electrons. The van der Waals surface area contributed by atoms with Crippen LogP contribution in [0.5, 0.6) is 0 Å². The van der Waals surface area contributed by atoms with E-state index in [2.05, 4.69) is 92.0 Å². The second-order valence-corrected chi connectivity index (χ2v) is 6.04. The molecule has 0 aliphatic rings. The number of aliphatic imine (C=N–C) groups is 1. The maximum absolute atomic E-state index is 4.73. The first kappa shape index (κ1) is 21.3. The van der Waals surface area contributed by atoms with Crippen molar-refractivity contribution in [3.63, 3.8) is 0 Å². The average Bonchev–Trinajstić information content (AvgIpc) is 2.61. The van der Waals surface area contributed by atoms with Gasteiger partial charge in [0.2, 0.25) is 0 Å². The van der Waals surface area contributed by atoms with E-state index in [-0.39, 0.29) is 30.0 Å². The fourth-order valence-corrected chi connectivity index (χ4v) is 2.45. The fraction of sp³-hybridized carbons (Fsp3) is 0.350. The van der Waals surface area contributed by atoms with E-state index >= 15 is 0 Å². The molecule has 2 aromatic rings. The molecule has 0 radical (unpaired) electrons. The SMILES string of the molecule is CCNC(=NCc1cccc(N(C)C)c1)NC(C)c1ccccc1.I. The minimum Gasteiger partial charge on any atom is -0.378 e. The summed E-state index contributed by atoms with van der Waals surface area (Å²) in [7, 11) is 4.10. The van der Waals surface area contributed by atoms with Gasteiger partial charge in [0.1, 0.15) is 0 Å². The summed E-state index contributed by atoms with van der Waals surface area (Å²) in [5.74, 6) is 0.837. The molecule has 0 aliphatic carbocycles. The van der Waals surface area contributed by atoms with Crippen molar-refractivity contribution < 1.29 is 0 Å². The number of anilines is 1. The summed E-state index contributed by atoms with van der Waals surface area (Å²) in [5, 5.41) is 6.79. The first-order valence-corrected chi connectivity index (χ1v) is 8.46. The second kappa shape index (κ2) is 11.0. The van der Waals surface area contributed by atoms with Crippen LogP contribution in [0.4, 0.5) is 5.69 Å². The third kappa shape index (κ3) is 6.94. The first-order valence-electron chi connectivity index (χ1n) is 8.46. The van der Waals surface area contributed by atoms with Crippen molar-refractivity contribution in [3.05, 3.63) is 65.7 Å². The lowest BCUT2D eigenvalue weighted by atomic mass is 10.1. The van der Waals surface area contributed by atoms with Gasteiger partial charge in [-0.05, 0) is 37.1 Å². The van der Waals surface area contributed by atoms with Gasteiger partial charge in [0.25, 0.3) is 0 Å². The molecule has 2 rings (SSSR count). The van der Waals surface area contributed by atoms with Crippen molar-refractivity contribution in [2.24, 2.45) is 4.99 Å². The summed E-state index contributed by atoms with van der Waals surface area (Å²) in [4.78, 5) is 6.83. The van der Waals surface area contributed by atoms with Crippen LogP contribution in [0.1, 0.15) is 31.0 Å². The summed E-state index contributed by atoms with van der Waals surface area (Å²) in [5.41, 5.74) is 3.64. The van der Waals surface area contributed by atoms with Crippen LogP contribution >= 0.6 is 24.0 Å². The molecule has 1 unspecified atom stereocenters. The van der Waals surface area contributed by atoms with E-state index in [1.165, 1.54) is 16.8 Å². The fourth-order valence-electron chi connectivity index (χ4n) is 2.45. The van der Waals surface area contributed by atoms with Crippen LogP contribution in [0.25, 0.3) is 0 Å². The minimum atomic E-state index is 0. The number of guanidine groups is 1. The maximum atomic E-state index is 4.73. The Balaban J connectivity index is 0.00000312. The van der Waals surface area contributed by atoms with E-state index in [1.54, 1.807) is 0 Å². The highest BCUT2D eigenvalue weighted by atomic mass is 127. The number of hydrogen-bond donors (Lipinski definition) is 2. The summed E-state index contributed by atoms with van der Waals surface area (Å²) in [6.07, 6.45) is 0. The second-order valence-electron chi connectivity index (χ2n) is 6.04. The van der Waals surface area contributed by atoms with Gasteiger partial charge in [-0.25, -0.2) is 4.99 Å². The standard InChI is InChI=1S/C20H28N4.HI/c1-5-21-20(23-16(2)18-11-7-6-8-12-18)22-15-17-10-9-13-19(14-17)24(3)4;/h6-14,16H,5,15H2,1-4H3,(H2,21,22,23);1H. The molecule has 2 aromatic carbocycles. The third-order valence-corrected chi connectivity index (χ3v) is 3.84. The van der Waals surface area contributed by atoms with Gasteiger partial charge in [-0.15, -0.1) is 24.0 Å². The maximum Gasteiger partial charge on any atom is 0.192 e. The summed E-state index contributed by atoms with van der Waals surface area (Å²) >= 11 is 0. The highest BCUT2D eigenvalue weighted by Crippen LogP contribution is 2.14. The molecule has 0 amide bonds. The van der Waals surface area contributed by atoms with Crippen molar-refractivity contribution in [2.45, 2.75) is 26.4 Å². The van der Waals surface area contributed by atoms with Crippen molar-refractivity contribution in [1.82, 2.24) is 10.6 Å². The van der Waals surface area contributed by atoms with E-state index in [4.69, 9.17) is 4.99 Å². The van der Waals surface area contributed by atoms with Gasteiger partial charge in [-0.3, -0.25) is 0 Å². The van der Waals surface area contributed by atoms with Crippen LogP contribution in [0.15, 0.2) is 59.6 Å². The van der Waals surface area contributed by atoms with Gasteiger partial charge in [0.15, 0.2) is 5.96 Å². The largest absolute Gasteiger partial charge is 0.378 e. The lowest BCUT2D eigenvalue weighted by Gasteiger charge is -2.18. The van der Waals surface area contributed by atoms with E-state index in [0.29, 0.717) is 6.54 Å². The monoisotopic (exact) mass is 452 g/mol. The molecule has 0 spiro atoms. The zero-order chi connectivity index (χ0) is 17.4. The zero-order valence-electron chi connectivity index (χ0n) is 15.5. The number of nitrogens with zero attached hydrogens (tertiary/aromatic N) is 2. The molecule has 1 atom stereocenters. The van der Waals surface area contributed by atoms with Crippen molar-refractivity contribution in [3.8, 4) is 0 Å². The van der Waals surface area contributed by atoms with E-state index in [9.17, 15) is 0 Å². The topological polar surface area (TPSA) is 39.7 Å². The number of benzene rings is 2. The van der Waals surface area contributed by atoms with Crippen molar-refractivity contribution >= 4 is 35.6 Å². The molecule has 0 saturated carbocycles. The number of nitrogens with one attached hydrogen (secondary N) is 2. The molecular weight excluding hydrogens is 423 g/mol. The Kier molecular flexibility index (Phi) is 9.34. The predicted octanol–water partition coefficient (Wildman–Crippen LogP) is 4.19. The van der Waals surface area contributed by atoms with Gasteiger partial charge < -0.3 is 15.5 Å². The molecule has 0 aliphatic heterocycles. The minimum absolute atomic E-state index is 0. The molecule has 0 bridgehead atoms. The van der Waals surface area contributed by atoms with Crippen LogP contribution in [0.2, 0.25) is 0 Å². The molecule has 25 heavy (non-hydrogen) atoms. The quantitative estimate of drug-likeness (QED) is 0.393. The first-order chi connectivity index (χ1) is 11.6. The lowest BCUT2D eigenvalue weighted by molar-refractivity contribution is 0.686. The summed E-state index contributed by atoms with van der Waals surface area (Å²) in [6.45, 7) is 5.72. The van der Waals surface area contributed by atoms with Gasteiger partial charge in [-0.2, -0.15) is 0 Å². The number of rotatable bonds is 6. The highest BCUT2D eigenvalue weighted by Gasteiger charge is 2.07. The van der Waals surface area contributed by atoms with E-state index < -0.39 is 0 Å². The highest BCUT2D eigenvalue weighted by molar-refractivity contribution is 14.0. The normalized spacial score (nSPS) is 12.1. The molecule has 4 nitrogen and oxygen atoms in total. The Hall–Kier alpha value is -1.76. The molecule has 0 saturated heterocycles. The Morgan fingerprint density at radius 2 is 1.80 bits per heavy atom. The van der Waals surface area contributed by atoms with E-state index in [1.807, 2.05) is 6.07 Å². The molecule has 2 N–H and O–H groups in total. The Morgan fingerprint density at radius 1 is 1.08 bits per heavy atom. The van der Waals surface area contributed by atoms with Crippen LogP contribution in [-0.4, -0.2) is 26.6 Å². The molecule has 0 aromatic heterocycles. The average molecular weight is 452 g/mol. The smallest absolute Gasteiger partial charge is 0.192 e. The molecule has 0 heterocycles. The van der Waals surface area contributed by atoms with Crippen LogP contribution in [0.3, 0.4) is 0 Å². The number of hydrogen-bond acceptors (Lipinski definition) is 2. The third-order valence-electron chi connectivity index (χ3n) is 3.84. The van der Waals surface area contributed by atoms with Gasteiger partial charge >= 0.3 is 0 Å². The Morgan fingerprint density at radius 3 is 2.44 bits per heavy atom. The van der Waals surface area contributed by atoms with Gasteiger partial charge in [-0.1, -0.05) is 42.5 Å². The van der Waals surface area contributed by atoms with Gasteiger partial charge in [0, 0.05) is 26.3 Å².